The van der Waals surface area contributed by atoms with Crippen LogP contribution in [0.2, 0.25) is 0 Å². The molecule has 1 saturated carbocycles. The van der Waals surface area contributed by atoms with E-state index < -0.39 is 0 Å². The van der Waals surface area contributed by atoms with E-state index in [4.69, 9.17) is 0 Å². The van der Waals surface area contributed by atoms with Crippen molar-refractivity contribution in [2.75, 3.05) is 0 Å². The Hall–Kier alpha value is -0.830. The Bertz CT molecular complexity index is 332. The van der Waals surface area contributed by atoms with E-state index in [0.29, 0.717) is 6.04 Å². The molecule has 3 heteroatoms. The number of aromatic nitrogens is 2. The van der Waals surface area contributed by atoms with Gasteiger partial charge in [-0.05, 0) is 25.2 Å². The number of nitrogens with one attached hydrogen (secondary N) is 1. The van der Waals surface area contributed by atoms with Gasteiger partial charge in [0, 0.05) is 25.5 Å². The predicted octanol–water partition coefficient (Wildman–Crippen LogP) is 2.87. The van der Waals surface area contributed by atoms with Crippen molar-refractivity contribution in [2.45, 2.75) is 58.0 Å². The van der Waals surface area contributed by atoms with Crippen molar-refractivity contribution in [3.05, 3.63) is 18.2 Å². The molecule has 0 aromatic carbocycles. The van der Waals surface area contributed by atoms with Crippen molar-refractivity contribution >= 4 is 0 Å². The summed E-state index contributed by atoms with van der Waals surface area (Å²) in [7, 11) is 2.06. The van der Waals surface area contributed by atoms with E-state index in [2.05, 4.69) is 28.8 Å². The predicted molar refractivity (Wildman–Crippen MR) is 70.7 cm³/mol. The van der Waals surface area contributed by atoms with Crippen molar-refractivity contribution in [1.82, 2.24) is 14.9 Å². The lowest BCUT2D eigenvalue weighted by Gasteiger charge is -2.16. The molecule has 1 heterocycles. The molecule has 17 heavy (non-hydrogen) atoms. The van der Waals surface area contributed by atoms with Gasteiger partial charge in [-0.2, -0.15) is 0 Å². The van der Waals surface area contributed by atoms with E-state index in [1.807, 2.05) is 12.4 Å². The standard InChI is InChI=1S/C14H25N3/c1-3-12-5-4-6-13(8-7-12)16-11-14-15-9-10-17(14)2/h9-10,12-13,16H,3-8,11H2,1-2H3. The van der Waals surface area contributed by atoms with Crippen molar-refractivity contribution in [3.63, 3.8) is 0 Å². The maximum atomic E-state index is 4.36. The molecule has 1 fully saturated rings. The fraction of sp³-hybridized carbons (Fsp3) is 0.786. The molecule has 96 valence electrons. The quantitative estimate of drug-likeness (QED) is 0.813. The molecule has 0 bridgehead atoms. The van der Waals surface area contributed by atoms with E-state index >= 15 is 0 Å². The van der Waals surface area contributed by atoms with Gasteiger partial charge < -0.3 is 9.88 Å². The average molecular weight is 235 g/mol. The second-order valence-electron chi connectivity index (χ2n) is 5.31. The van der Waals surface area contributed by atoms with Crippen molar-refractivity contribution in [1.29, 1.82) is 0 Å². The highest BCUT2D eigenvalue weighted by Crippen LogP contribution is 2.25. The van der Waals surface area contributed by atoms with E-state index in [9.17, 15) is 0 Å². The van der Waals surface area contributed by atoms with Gasteiger partial charge >= 0.3 is 0 Å². The Kier molecular flexibility index (Phi) is 4.60. The number of hydrogen-bond acceptors (Lipinski definition) is 2. The van der Waals surface area contributed by atoms with Gasteiger partial charge in [0.15, 0.2) is 0 Å². The number of aryl methyl sites for hydroxylation is 1. The summed E-state index contributed by atoms with van der Waals surface area (Å²) in [6.07, 6.45) is 12.1. The Labute approximate surface area is 105 Å². The third-order valence-electron chi connectivity index (χ3n) is 4.14. The molecule has 2 atom stereocenters. The van der Waals surface area contributed by atoms with Crippen molar-refractivity contribution < 1.29 is 0 Å². The summed E-state index contributed by atoms with van der Waals surface area (Å²) in [5, 5.41) is 3.67. The first-order chi connectivity index (χ1) is 8.29. The average Bonchev–Trinajstić information content (AvgIpc) is 2.63. The molecular weight excluding hydrogens is 210 g/mol. The molecule has 1 aromatic rings. The lowest BCUT2D eigenvalue weighted by molar-refractivity contribution is 0.421. The van der Waals surface area contributed by atoms with E-state index in [1.165, 1.54) is 38.5 Å². The minimum Gasteiger partial charge on any atom is -0.337 e. The van der Waals surface area contributed by atoms with E-state index in [-0.39, 0.29) is 0 Å². The maximum Gasteiger partial charge on any atom is 0.122 e. The Morgan fingerprint density at radius 1 is 1.35 bits per heavy atom. The summed E-state index contributed by atoms with van der Waals surface area (Å²) >= 11 is 0. The topological polar surface area (TPSA) is 29.9 Å². The first-order valence-electron chi connectivity index (χ1n) is 6.99. The van der Waals surface area contributed by atoms with Gasteiger partial charge in [0.2, 0.25) is 0 Å². The van der Waals surface area contributed by atoms with Gasteiger partial charge in [0.1, 0.15) is 5.82 Å². The SMILES string of the molecule is CCC1CCCC(NCc2nccn2C)CC1. The molecule has 1 aliphatic carbocycles. The highest BCUT2D eigenvalue weighted by Gasteiger charge is 2.17. The summed E-state index contributed by atoms with van der Waals surface area (Å²) in [5.74, 6) is 2.11. The first kappa shape index (κ1) is 12.6. The number of imidazole rings is 1. The van der Waals surface area contributed by atoms with Gasteiger partial charge in [-0.15, -0.1) is 0 Å². The fourth-order valence-electron chi connectivity index (χ4n) is 2.79. The summed E-state index contributed by atoms with van der Waals surface area (Å²) in [5.41, 5.74) is 0. The van der Waals surface area contributed by atoms with Gasteiger partial charge in [-0.3, -0.25) is 0 Å². The molecule has 0 saturated heterocycles. The van der Waals surface area contributed by atoms with Crippen LogP contribution in [0.1, 0.15) is 51.3 Å². The van der Waals surface area contributed by atoms with Gasteiger partial charge in [-0.25, -0.2) is 4.98 Å². The smallest absolute Gasteiger partial charge is 0.122 e. The molecule has 0 amide bonds. The summed E-state index contributed by atoms with van der Waals surface area (Å²) < 4.78 is 2.10. The van der Waals surface area contributed by atoms with Crippen LogP contribution in [-0.4, -0.2) is 15.6 Å². The monoisotopic (exact) mass is 235 g/mol. The van der Waals surface area contributed by atoms with Crippen LogP contribution in [0.4, 0.5) is 0 Å². The number of nitrogens with zero attached hydrogens (tertiary/aromatic N) is 2. The summed E-state index contributed by atoms with van der Waals surface area (Å²) in [6.45, 7) is 3.23. The lowest BCUT2D eigenvalue weighted by atomic mass is 9.98. The molecule has 1 aromatic heterocycles. The highest BCUT2D eigenvalue weighted by atomic mass is 15.1. The van der Waals surface area contributed by atoms with Crippen molar-refractivity contribution in [2.24, 2.45) is 13.0 Å². The van der Waals surface area contributed by atoms with Crippen LogP contribution in [0.3, 0.4) is 0 Å². The lowest BCUT2D eigenvalue weighted by Crippen LogP contribution is -2.29. The maximum absolute atomic E-state index is 4.36. The third-order valence-corrected chi connectivity index (χ3v) is 4.14. The van der Waals surface area contributed by atoms with Crippen LogP contribution < -0.4 is 5.32 Å². The Morgan fingerprint density at radius 2 is 2.24 bits per heavy atom. The third kappa shape index (κ3) is 3.56. The number of hydrogen-bond donors (Lipinski definition) is 1. The molecule has 3 nitrogen and oxygen atoms in total. The summed E-state index contributed by atoms with van der Waals surface area (Å²) in [6, 6.07) is 0.697. The van der Waals surface area contributed by atoms with Crippen LogP contribution in [0.5, 0.6) is 0 Å². The van der Waals surface area contributed by atoms with Crippen LogP contribution >= 0.6 is 0 Å². The molecule has 0 spiro atoms. The van der Waals surface area contributed by atoms with Gasteiger partial charge in [0.25, 0.3) is 0 Å². The molecule has 0 aliphatic heterocycles. The van der Waals surface area contributed by atoms with Crippen LogP contribution in [0, 0.1) is 5.92 Å². The molecule has 0 radical (unpaired) electrons. The van der Waals surface area contributed by atoms with Crippen molar-refractivity contribution in [3.8, 4) is 0 Å². The molecular formula is C14H25N3. The second kappa shape index (κ2) is 6.20. The zero-order valence-electron chi connectivity index (χ0n) is 11.2. The molecule has 1 N–H and O–H groups in total. The minimum atomic E-state index is 0.697. The van der Waals surface area contributed by atoms with Gasteiger partial charge in [-0.1, -0.05) is 26.2 Å². The first-order valence-corrected chi connectivity index (χ1v) is 6.99. The van der Waals surface area contributed by atoms with E-state index in [0.717, 1.165) is 18.3 Å². The van der Waals surface area contributed by atoms with Crippen LogP contribution in [0.25, 0.3) is 0 Å². The number of rotatable bonds is 4. The fourth-order valence-corrected chi connectivity index (χ4v) is 2.79. The van der Waals surface area contributed by atoms with Crippen LogP contribution in [-0.2, 0) is 13.6 Å². The van der Waals surface area contributed by atoms with Crippen LogP contribution in [0.15, 0.2) is 12.4 Å². The summed E-state index contributed by atoms with van der Waals surface area (Å²) in [4.78, 5) is 4.36. The highest BCUT2D eigenvalue weighted by molar-refractivity contribution is 4.91. The second-order valence-corrected chi connectivity index (χ2v) is 5.31. The molecule has 2 unspecified atom stereocenters. The normalized spacial score (nSPS) is 25.8. The Balaban J connectivity index is 1.78. The zero-order valence-corrected chi connectivity index (χ0v) is 11.2. The van der Waals surface area contributed by atoms with Gasteiger partial charge in [0.05, 0.1) is 6.54 Å². The largest absolute Gasteiger partial charge is 0.337 e. The zero-order chi connectivity index (χ0) is 12.1. The Morgan fingerprint density at radius 3 is 2.94 bits per heavy atom. The molecule has 2 rings (SSSR count). The van der Waals surface area contributed by atoms with E-state index in [1.54, 1.807) is 0 Å². The minimum absolute atomic E-state index is 0.697. The molecule has 1 aliphatic rings.